The third kappa shape index (κ3) is 4.57. The average Bonchev–Trinajstić information content (AvgIpc) is 2.63. The number of nitrogens with zero attached hydrogens (tertiary/aromatic N) is 2. The number of rotatable bonds is 3. The molecule has 0 fully saturated rings. The second-order valence-corrected chi connectivity index (χ2v) is 5.72. The van der Waals surface area contributed by atoms with E-state index >= 15 is 0 Å². The Hall–Kier alpha value is -2.61. The molecular weight excluding hydrogens is 406 g/mol. The quantitative estimate of drug-likeness (QED) is 0.385. The summed E-state index contributed by atoms with van der Waals surface area (Å²) in [5, 5.41) is 32.3. The summed E-state index contributed by atoms with van der Waals surface area (Å²) in [5.74, 6) is -0.243. The summed E-state index contributed by atoms with van der Waals surface area (Å²) in [7, 11) is 1.25. The van der Waals surface area contributed by atoms with Crippen molar-refractivity contribution in [3.63, 3.8) is 0 Å². The minimum Gasteiger partial charge on any atom is -0.506 e. The molecule has 0 aliphatic rings. The van der Waals surface area contributed by atoms with Crippen LogP contribution in [0, 0.1) is 0 Å². The van der Waals surface area contributed by atoms with Crippen molar-refractivity contribution in [2.75, 3.05) is 12.4 Å². The Morgan fingerprint density at radius 3 is 2.56 bits per heavy atom. The summed E-state index contributed by atoms with van der Waals surface area (Å²) < 4.78 is 4.62. The van der Waals surface area contributed by atoms with Crippen molar-refractivity contribution >= 4 is 45.5 Å². The summed E-state index contributed by atoms with van der Waals surface area (Å²) in [5.41, 5.74) is 0.677. The largest absolute Gasteiger partial charge is 0.506 e. The van der Waals surface area contributed by atoms with Crippen molar-refractivity contribution in [1.29, 1.82) is 0 Å². The fourth-order valence-corrected chi connectivity index (χ4v) is 2.56. The SMILES string of the molecule is COC(=O)Nc1cccc2ccc(O)c(N=Nc3cc(Cl)ccc3O)c12.[Ti]. The summed E-state index contributed by atoms with van der Waals surface area (Å²) in [6.45, 7) is 0. The number of anilines is 1. The summed E-state index contributed by atoms with van der Waals surface area (Å²) >= 11 is 5.90. The smallest absolute Gasteiger partial charge is 0.411 e. The molecule has 0 unspecified atom stereocenters. The van der Waals surface area contributed by atoms with E-state index in [1.54, 1.807) is 24.3 Å². The number of ether oxygens (including phenoxy) is 1. The van der Waals surface area contributed by atoms with Crippen LogP contribution in [0.1, 0.15) is 0 Å². The number of carbonyl (C=O) groups excluding carboxylic acids is 1. The van der Waals surface area contributed by atoms with Gasteiger partial charge in [0.2, 0.25) is 0 Å². The standard InChI is InChI=1S/C18H14ClN3O4.Ti/c1-26-18(25)20-12-4-2-3-10-5-7-15(24)17(16(10)12)22-21-13-9-11(19)6-8-14(13)23;/h2-9,23-24H,1H3,(H,20,25);. The predicted molar refractivity (Wildman–Crippen MR) is 98.9 cm³/mol. The topological polar surface area (TPSA) is 104 Å². The molecular formula is C18H14ClN3O4Ti. The average molecular weight is 420 g/mol. The van der Waals surface area contributed by atoms with E-state index in [4.69, 9.17) is 11.6 Å². The van der Waals surface area contributed by atoms with Crippen molar-refractivity contribution in [3.8, 4) is 11.5 Å². The van der Waals surface area contributed by atoms with Crippen molar-refractivity contribution in [2.24, 2.45) is 10.2 Å². The van der Waals surface area contributed by atoms with E-state index in [0.717, 1.165) is 5.39 Å². The number of benzene rings is 3. The minimum atomic E-state index is -0.656. The van der Waals surface area contributed by atoms with Gasteiger partial charge in [0.25, 0.3) is 0 Å². The molecule has 0 atom stereocenters. The number of phenolic OH excluding ortho intramolecular Hbond substituents is 2. The van der Waals surface area contributed by atoms with E-state index in [1.807, 2.05) is 0 Å². The third-order valence-electron chi connectivity index (χ3n) is 3.61. The van der Waals surface area contributed by atoms with Crippen LogP contribution in [0.2, 0.25) is 5.02 Å². The fourth-order valence-electron chi connectivity index (χ4n) is 2.40. The van der Waals surface area contributed by atoms with Gasteiger partial charge in [0.05, 0.1) is 12.8 Å². The molecule has 27 heavy (non-hydrogen) atoms. The maximum absolute atomic E-state index is 11.6. The molecule has 0 aliphatic carbocycles. The van der Waals surface area contributed by atoms with Gasteiger partial charge in [-0.2, -0.15) is 0 Å². The molecule has 3 N–H and O–H groups in total. The number of amides is 1. The number of phenols is 2. The molecule has 0 aromatic heterocycles. The third-order valence-corrected chi connectivity index (χ3v) is 3.85. The second kappa shape index (κ2) is 8.86. The van der Waals surface area contributed by atoms with Crippen molar-refractivity contribution in [3.05, 3.63) is 53.6 Å². The number of hydrogen-bond acceptors (Lipinski definition) is 6. The molecule has 3 aromatic rings. The van der Waals surface area contributed by atoms with E-state index in [1.165, 1.54) is 31.4 Å². The molecule has 0 aliphatic heterocycles. The van der Waals surface area contributed by atoms with Crippen LogP contribution < -0.4 is 5.32 Å². The molecule has 0 saturated heterocycles. The number of aromatic hydroxyl groups is 2. The van der Waals surface area contributed by atoms with Gasteiger partial charge in [-0.05, 0) is 35.7 Å². The fraction of sp³-hybridized carbons (Fsp3) is 0.0556. The maximum atomic E-state index is 11.6. The number of nitrogens with one attached hydrogen (secondary N) is 1. The molecule has 9 heteroatoms. The van der Waals surface area contributed by atoms with Crippen LogP contribution in [0.15, 0.2) is 58.8 Å². The first kappa shape index (κ1) is 20.7. The molecule has 0 spiro atoms. The first-order valence-corrected chi connectivity index (χ1v) is 7.87. The molecule has 3 rings (SSSR count). The van der Waals surface area contributed by atoms with Gasteiger partial charge in [0.15, 0.2) is 0 Å². The Bertz CT molecular complexity index is 1030. The Labute approximate surface area is 174 Å². The summed E-state index contributed by atoms with van der Waals surface area (Å²) in [4.78, 5) is 11.6. The van der Waals surface area contributed by atoms with Gasteiger partial charge in [0, 0.05) is 32.1 Å². The van der Waals surface area contributed by atoms with Crippen LogP contribution in [0.4, 0.5) is 21.9 Å². The van der Waals surface area contributed by atoms with E-state index in [-0.39, 0.29) is 44.6 Å². The minimum absolute atomic E-state index is 0. The molecule has 7 nitrogen and oxygen atoms in total. The van der Waals surface area contributed by atoms with Crippen LogP contribution >= 0.6 is 11.6 Å². The van der Waals surface area contributed by atoms with Gasteiger partial charge < -0.3 is 14.9 Å². The van der Waals surface area contributed by atoms with E-state index in [2.05, 4.69) is 20.3 Å². The van der Waals surface area contributed by atoms with Gasteiger partial charge in [-0.3, -0.25) is 5.32 Å². The van der Waals surface area contributed by atoms with Crippen LogP contribution in [-0.2, 0) is 26.5 Å². The van der Waals surface area contributed by atoms with Crippen LogP contribution in [0.5, 0.6) is 11.5 Å². The van der Waals surface area contributed by atoms with Gasteiger partial charge >= 0.3 is 6.09 Å². The molecule has 0 radical (unpaired) electrons. The second-order valence-electron chi connectivity index (χ2n) is 5.29. The molecule has 1 amide bonds. The molecule has 3 aromatic carbocycles. The number of methoxy groups -OCH3 is 1. The summed E-state index contributed by atoms with van der Waals surface area (Å²) in [6.07, 6.45) is -0.656. The van der Waals surface area contributed by atoms with Crippen molar-refractivity contribution in [2.45, 2.75) is 0 Å². The number of fused-ring (bicyclic) bond motifs is 1. The molecule has 136 valence electrons. The normalized spacial score (nSPS) is 10.6. The number of hydrogen-bond donors (Lipinski definition) is 3. The maximum Gasteiger partial charge on any atom is 0.411 e. The van der Waals surface area contributed by atoms with Crippen LogP contribution in [-0.4, -0.2) is 23.4 Å². The van der Waals surface area contributed by atoms with Crippen molar-refractivity contribution < 1.29 is 41.5 Å². The van der Waals surface area contributed by atoms with Crippen molar-refractivity contribution in [1.82, 2.24) is 0 Å². The Kier molecular flexibility index (Phi) is 6.79. The zero-order chi connectivity index (χ0) is 18.7. The molecule has 0 heterocycles. The number of azo groups is 1. The zero-order valence-electron chi connectivity index (χ0n) is 14.1. The number of carbonyl (C=O) groups is 1. The van der Waals surface area contributed by atoms with Gasteiger partial charge in [-0.1, -0.05) is 29.8 Å². The Balaban J connectivity index is 0.00000261. The Morgan fingerprint density at radius 1 is 1.07 bits per heavy atom. The van der Waals surface area contributed by atoms with Gasteiger partial charge in [-0.15, -0.1) is 10.2 Å². The summed E-state index contributed by atoms with van der Waals surface area (Å²) in [6, 6.07) is 12.7. The monoisotopic (exact) mass is 419 g/mol. The van der Waals surface area contributed by atoms with Gasteiger partial charge in [0.1, 0.15) is 22.9 Å². The van der Waals surface area contributed by atoms with Crippen LogP contribution in [0.25, 0.3) is 10.8 Å². The Morgan fingerprint density at radius 2 is 1.81 bits per heavy atom. The molecule has 0 saturated carbocycles. The van der Waals surface area contributed by atoms with E-state index in [9.17, 15) is 15.0 Å². The van der Waals surface area contributed by atoms with E-state index in [0.29, 0.717) is 16.1 Å². The van der Waals surface area contributed by atoms with E-state index < -0.39 is 6.09 Å². The predicted octanol–water partition coefficient (Wildman–Crippen LogP) is 5.50. The molecule has 0 bridgehead atoms. The zero-order valence-corrected chi connectivity index (χ0v) is 16.4. The van der Waals surface area contributed by atoms with Gasteiger partial charge in [-0.25, -0.2) is 4.79 Å². The number of halogens is 1. The first-order chi connectivity index (χ1) is 12.5. The van der Waals surface area contributed by atoms with Crippen LogP contribution in [0.3, 0.4) is 0 Å². The first-order valence-electron chi connectivity index (χ1n) is 7.49.